The van der Waals surface area contributed by atoms with Gasteiger partial charge in [-0.1, -0.05) is 11.8 Å². The second-order valence-corrected chi connectivity index (χ2v) is 8.29. The Morgan fingerprint density at radius 3 is 2.78 bits per heavy atom. The molecule has 1 aliphatic rings. The fraction of sp³-hybridized carbons (Fsp3) is 0.381. The number of nitrogens with zero attached hydrogens (tertiary/aromatic N) is 4. The Morgan fingerprint density at radius 2 is 2.00 bits per heavy atom. The molecule has 168 valence electrons. The molecule has 0 unspecified atom stereocenters. The Morgan fingerprint density at radius 1 is 1.16 bits per heavy atom. The summed E-state index contributed by atoms with van der Waals surface area (Å²) in [7, 11) is 0. The number of hydrogen-bond donors (Lipinski definition) is 2. The minimum atomic E-state index is -0.392. The van der Waals surface area contributed by atoms with E-state index in [9.17, 15) is 14.0 Å². The highest BCUT2D eigenvalue weighted by Crippen LogP contribution is 2.16. The minimum Gasteiger partial charge on any atom is -0.376 e. The van der Waals surface area contributed by atoms with E-state index in [0.29, 0.717) is 41.6 Å². The molecule has 11 heteroatoms. The molecule has 1 aromatic carbocycles. The van der Waals surface area contributed by atoms with Gasteiger partial charge in [0.15, 0.2) is 11.5 Å². The Kier molecular flexibility index (Phi) is 7.28. The van der Waals surface area contributed by atoms with Crippen LogP contribution in [0.1, 0.15) is 29.0 Å². The van der Waals surface area contributed by atoms with Gasteiger partial charge in [-0.2, -0.15) is 9.61 Å². The molecule has 3 heterocycles. The molecule has 1 saturated heterocycles. The first kappa shape index (κ1) is 22.2. The molecule has 0 saturated carbocycles. The summed E-state index contributed by atoms with van der Waals surface area (Å²) in [6.07, 6.45) is 2.54. The molecule has 2 aromatic heterocycles. The van der Waals surface area contributed by atoms with Crippen LogP contribution in [0.5, 0.6) is 0 Å². The fourth-order valence-electron chi connectivity index (χ4n) is 3.26. The molecule has 1 aliphatic heterocycles. The van der Waals surface area contributed by atoms with Gasteiger partial charge < -0.3 is 15.4 Å². The van der Waals surface area contributed by atoms with Gasteiger partial charge in [0.05, 0.1) is 11.9 Å². The SMILES string of the molecule is O=C(CSc1ccc2nnc(CCNC(=O)c3ccc(F)cc3)n2n1)NC[C@H]1CCCO1. The van der Waals surface area contributed by atoms with E-state index in [-0.39, 0.29) is 23.7 Å². The van der Waals surface area contributed by atoms with Crippen molar-refractivity contribution in [2.24, 2.45) is 0 Å². The third-order valence-corrected chi connectivity index (χ3v) is 5.87. The number of amides is 2. The zero-order valence-corrected chi connectivity index (χ0v) is 18.1. The summed E-state index contributed by atoms with van der Waals surface area (Å²) in [6, 6.07) is 8.92. The van der Waals surface area contributed by atoms with Gasteiger partial charge in [0.1, 0.15) is 10.8 Å². The Hall–Kier alpha value is -3.05. The van der Waals surface area contributed by atoms with Crippen molar-refractivity contribution in [3.63, 3.8) is 0 Å². The minimum absolute atomic E-state index is 0.0696. The van der Waals surface area contributed by atoms with Gasteiger partial charge in [0.2, 0.25) is 5.91 Å². The van der Waals surface area contributed by atoms with Crippen molar-refractivity contribution < 1.29 is 18.7 Å². The number of carbonyl (C=O) groups excluding carboxylic acids is 2. The summed E-state index contributed by atoms with van der Waals surface area (Å²) in [5, 5.41) is 19.1. The lowest BCUT2D eigenvalue weighted by atomic mass is 10.2. The summed E-state index contributed by atoms with van der Waals surface area (Å²) in [4.78, 5) is 24.2. The largest absolute Gasteiger partial charge is 0.376 e. The van der Waals surface area contributed by atoms with Crippen molar-refractivity contribution in [1.82, 2.24) is 30.4 Å². The van der Waals surface area contributed by atoms with Gasteiger partial charge in [0, 0.05) is 31.7 Å². The monoisotopic (exact) mass is 458 g/mol. The highest BCUT2D eigenvalue weighted by Gasteiger charge is 2.16. The lowest BCUT2D eigenvalue weighted by Crippen LogP contribution is -2.32. The molecule has 4 rings (SSSR count). The molecule has 3 aromatic rings. The first-order valence-corrected chi connectivity index (χ1v) is 11.3. The maximum Gasteiger partial charge on any atom is 0.251 e. The van der Waals surface area contributed by atoms with Crippen LogP contribution in [0.4, 0.5) is 4.39 Å². The Balaban J connectivity index is 1.28. The van der Waals surface area contributed by atoms with Gasteiger partial charge >= 0.3 is 0 Å². The van der Waals surface area contributed by atoms with E-state index >= 15 is 0 Å². The number of hydrogen-bond acceptors (Lipinski definition) is 7. The van der Waals surface area contributed by atoms with E-state index < -0.39 is 5.82 Å². The average molecular weight is 459 g/mol. The second-order valence-electron chi connectivity index (χ2n) is 7.30. The van der Waals surface area contributed by atoms with E-state index in [1.54, 1.807) is 16.6 Å². The van der Waals surface area contributed by atoms with E-state index in [2.05, 4.69) is 25.9 Å². The summed E-state index contributed by atoms with van der Waals surface area (Å²) in [5.74, 6) is 0.0781. The molecule has 32 heavy (non-hydrogen) atoms. The number of benzene rings is 1. The van der Waals surface area contributed by atoms with Crippen LogP contribution >= 0.6 is 11.8 Å². The van der Waals surface area contributed by atoms with Crippen LogP contribution in [0.25, 0.3) is 5.65 Å². The fourth-order valence-corrected chi connectivity index (χ4v) is 3.95. The quantitative estimate of drug-likeness (QED) is 0.469. The summed E-state index contributed by atoms with van der Waals surface area (Å²) in [6.45, 7) is 1.61. The number of aromatic nitrogens is 4. The van der Waals surface area contributed by atoms with Crippen molar-refractivity contribution in [2.45, 2.75) is 30.4 Å². The van der Waals surface area contributed by atoms with E-state index in [0.717, 1.165) is 19.4 Å². The number of rotatable bonds is 9. The molecule has 0 spiro atoms. The van der Waals surface area contributed by atoms with Crippen molar-refractivity contribution >= 4 is 29.2 Å². The van der Waals surface area contributed by atoms with E-state index in [1.165, 1.54) is 36.0 Å². The van der Waals surface area contributed by atoms with Gasteiger partial charge in [-0.25, -0.2) is 4.39 Å². The molecule has 1 atom stereocenters. The molecule has 0 aliphatic carbocycles. The molecule has 1 fully saturated rings. The summed E-state index contributed by atoms with van der Waals surface area (Å²) >= 11 is 1.32. The third kappa shape index (κ3) is 5.80. The highest BCUT2D eigenvalue weighted by molar-refractivity contribution is 7.99. The number of halogens is 1. The maximum absolute atomic E-state index is 13.0. The molecule has 9 nitrogen and oxygen atoms in total. The average Bonchev–Trinajstić information content (AvgIpc) is 3.46. The molecule has 0 bridgehead atoms. The van der Waals surface area contributed by atoms with E-state index in [1.807, 2.05) is 0 Å². The zero-order chi connectivity index (χ0) is 22.3. The summed E-state index contributed by atoms with van der Waals surface area (Å²) < 4.78 is 20.1. The number of ether oxygens (including phenoxy) is 1. The maximum atomic E-state index is 13.0. The van der Waals surface area contributed by atoms with Gasteiger partial charge in [-0.05, 0) is 49.2 Å². The van der Waals surface area contributed by atoms with Crippen LogP contribution in [0, 0.1) is 5.82 Å². The van der Waals surface area contributed by atoms with Gasteiger partial charge in [-0.3, -0.25) is 9.59 Å². The van der Waals surface area contributed by atoms with Crippen LogP contribution in [0.15, 0.2) is 41.4 Å². The van der Waals surface area contributed by atoms with Crippen molar-refractivity contribution in [3.8, 4) is 0 Å². The number of nitrogens with one attached hydrogen (secondary N) is 2. The Labute approximate surface area is 188 Å². The number of carbonyl (C=O) groups is 2. The molecule has 0 radical (unpaired) electrons. The normalized spacial score (nSPS) is 15.7. The standard InChI is InChI=1S/C21H23FN6O3S/c22-15-5-3-14(4-6-15)21(30)23-10-9-18-26-25-17-7-8-20(27-28(17)18)32-13-19(29)24-12-16-2-1-11-31-16/h3-8,16H,1-2,9-13H2,(H,23,30)(H,24,29)/t16-/m1/s1. The van der Waals surface area contributed by atoms with Crippen molar-refractivity contribution in [2.75, 3.05) is 25.4 Å². The molecule has 2 N–H and O–H groups in total. The second kappa shape index (κ2) is 10.5. The lowest BCUT2D eigenvalue weighted by molar-refractivity contribution is -0.119. The molecule has 2 amide bonds. The van der Waals surface area contributed by atoms with Gasteiger partial charge in [0.25, 0.3) is 5.91 Å². The number of fused-ring (bicyclic) bond motifs is 1. The van der Waals surface area contributed by atoms with Gasteiger partial charge in [-0.15, -0.1) is 10.2 Å². The predicted octanol–water partition coefficient (Wildman–Crippen LogP) is 1.62. The number of thioether (sulfide) groups is 1. The lowest BCUT2D eigenvalue weighted by Gasteiger charge is -2.10. The summed E-state index contributed by atoms with van der Waals surface area (Å²) in [5.41, 5.74) is 0.962. The van der Waals surface area contributed by atoms with Crippen LogP contribution in [0.3, 0.4) is 0 Å². The first-order chi connectivity index (χ1) is 15.6. The van der Waals surface area contributed by atoms with Crippen LogP contribution in [-0.2, 0) is 16.0 Å². The van der Waals surface area contributed by atoms with Crippen molar-refractivity contribution in [3.05, 3.63) is 53.6 Å². The van der Waals surface area contributed by atoms with Crippen molar-refractivity contribution in [1.29, 1.82) is 0 Å². The zero-order valence-electron chi connectivity index (χ0n) is 17.3. The molecular weight excluding hydrogens is 435 g/mol. The van der Waals surface area contributed by atoms with Crippen LogP contribution < -0.4 is 10.6 Å². The first-order valence-electron chi connectivity index (χ1n) is 10.3. The third-order valence-electron chi connectivity index (χ3n) is 4.95. The predicted molar refractivity (Wildman–Crippen MR) is 116 cm³/mol. The highest BCUT2D eigenvalue weighted by atomic mass is 32.2. The van der Waals surface area contributed by atoms with Crippen LogP contribution in [-0.4, -0.2) is 63.2 Å². The Bertz CT molecular complexity index is 1080. The van der Waals surface area contributed by atoms with Crippen LogP contribution in [0.2, 0.25) is 0 Å². The molecular formula is C21H23FN6O3S. The topological polar surface area (TPSA) is 111 Å². The van der Waals surface area contributed by atoms with E-state index in [4.69, 9.17) is 4.74 Å². The smallest absolute Gasteiger partial charge is 0.251 e.